The summed E-state index contributed by atoms with van der Waals surface area (Å²) in [6, 6.07) is 6.56. The number of carbonyl (C=O) groups excluding carboxylic acids is 1. The third-order valence-electron chi connectivity index (χ3n) is 4.16. The van der Waals surface area contributed by atoms with Gasteiger partial charge in [-0.05, 0) is 30.2 Å². The summed E-state index contributed by atoms with van der Waals surface area (Å²) in [5.74, 6) is -0.509. The number of H-pyrrole nitrogens is 1. The number of aromatic amines is 1. The van der Waals surface area contributed by atoms with E-state index in [-0.39, 0.29) is 18.5 Å². The van der Waals surface area contributed by atoms with Gasteiger partial charge in [0.25, 0.3) is 5.91 Å². The Bertz CT molecular complexity index is 847. The second-order valence-electron chi connectivity index (χ2n) is 5.93. The van der Waals surface area contributed by atoms with E-state index in [1.807, 2.05) is 0 Å². The fourth-order valence-electron chi connectivity index (χ4n) is 3.02. The van der Waals surface area contributed by atoms with E-state index in [0.717, 1.165) is 18.2 Å². The van der Waals surface area contributed by atoms with E-state index in [1.54, 1.807) is 0 Å². The highest BCUT2D eigenvalue weighted by Crippen LogP contribution is 2.36. The lowest BCUT2D eigenvalue weighted by Crippen LogP contribution is -2.32. The number of rotatable bonds is 2. The average molecular weight is 352 g/mol. The zero-order chi connectivity index (χ0) is 18.2. The standard InChI is InChI=1S/C17H15F3N2O3/c18-17(19,20)12-3-1-2-10(6-12)14-8-13(23)9-22(14)16(25)11-4-5-21-15(24)7-11/h1-7,13-14,23H,8-9H2,(H,21,24). The molecule has 2 atom stereocenters. The van der Waals surface area contributed by atoms with Crippen molar-refractivity contribution in [3.8, 4) is 0 Å². The number of β-amino-alcohol motifs (C(OH)–C–C–N with tert-alkyl or cyclic N) is 1. The SMILES string of the molecule is O=C(c1cc[nH]c(=O)c1)N1CC(O)CC1c1cccc(C(F)(F)F)c1. The van der Waals surface area contributed by atoms with E-state index in [9.17, 15) is 27.9 Å². The Morgan fingerprint density at radius 3 is 2.68 bits per heavy atom. The number of aliphatic hydroxyl groups is 1. The zero-order valence-electron chi connectivity index (χ0n) is 13.0. The predicted molar refractivity (Wildman–Crippen MR) is 82.9 cm³/mol. The molecule has 1 fully saturated rings. The minimum atomic E-state index is -4.49. The summed E-state index contributed by atoms with van der Waals surface area (Å²) >= 11 is 0. The van der Waals surface area contributed by atoms with Crippen LogP contribution < -0.4 is 5.56 Å². The monoisotopic (exact) mass is 352 g/mol. The molecular formula is C17H15F3N2O3. The molecule has 2 unspecified atom stereocenters. The van der Waals surface area contributed by atoms with E-state index in [0.29, 0.717) is 5.56 Å². The molecule has 0 radical (unpaired) electrons. The minimum Gasteiger partial charge on any atom is -0.391 e. The van der Waals surface area contributed by atoms with E-state index in [2.05, 4.69) is 4.98 Å². The van der Waals surface area contributed by atoms with Crippen LogP contribution in [-0.4, -0.2) is 33.5 Å². The molecular weight excluding hydrogens is 337 g/mol. The Balaban J connectivity index is 1.95. The number of hydrogen-bond donors (Lipinski definition) is 2. The molecule has 2 aromatic rings. The quantitative estimate of drug-likeness (QED) is 0.871. The van der Waals surface area contributed by atoms with E-state index in [4.69, 9.17) is 0 Å². The van der Waals surface area contributed by atoms with Gasteiger partial charge in [0.15, 0.2) is 0 Å². The van der Waals surface area contributed by atoms with Crippen molar-refractivity contribution in [1.82, 2.24) is 9.88 Å². The van der Waals surface area contributed by atoms with Gasteiger partial charge >= 0.3 is 6.18 Å². The highest BCUT2D eigenvalue weighted by atomic mass is 19.4. The summed E-state index contributed by atoms with van der Waals surface area (Å²) in [4.78, 5) is 27.7. The largest absolute Gasteiger partial charge is 0.416 e. The molecule has 1 amide bonds. The zero-order valence-corrected chi connectivity index (χ0v) is 13.0. The van der Waals surface area contributed by atoms with Crippen LogP contribution in [0.4, 0.5) is 13.2 Å². The number of hydrogen-bond acceptors (Lipinski definition) is 3. The summed E-state index contributed by atoms with van der Waals surface area (Å²) in [5, 5.41) is 9.93. The second-order valence-corrected chi connectivity index (χ2v) is 5.93. The lowest BCUT2D eigenvalue weighted by atomic mass is 10.0. The number of aromatic nitrogens is 1. The molecule has 0 aliphatic carbocycles. The van der Waals surface area contributed by atoms with E-state index >= 15 is 0 Å². The van der Waals surface area contributed by atoms with Crippen molar-refractivity contribution in [1.29, 1.82) is 0 Å². The van der Waals surface area contributed by atoms with Crippen LogP contribution in [0, 0.1) is 0 Å². The number of likely N-dealkylation sites (tertiary alicyclic amines) is 1. The Hall–Kier alpha value is -2.61. The Morgan fingerprint density at radius 2 is 2.00 bits per heavy atom. The number of carbonyl (C=O) groups is 1. The van der Waals surface area contributed by atoms with E-state index in [1.165, 1.54) is 29.3 Å². The minimum absolute atomic E-state index is 0.00740. The van der Waals surface area contributed by atoms with Crippen molar-refractivity contribution in [3.05, 3.63) is 69.6 Å². The molecule has 1 aliphatic heterocycles. The maximum absolute atomic E-state index is 12.9. The van der Waals surface area contributed by atoms with Crippen LogP contribution in [0.5, 0.6) is 0 Å². The fraction of sp³-hybridized carbons (Fsp3) is 0.294. The molecule has 1 aliphatic rings. The summed E-state index contributed by atoms with van der Waals surface area (Å²) < 4.78 is 38.8. The predicted octanol–water partition coefficient (Wildman–Crippen LogP) is 2.34. The molecule has 0 spiro atoms. The molecule has 2 N–H and O–H groups in total. The molecule has 2 heterocycles. The summed E-state index contributed by atoms with van der Waals surface area (Å²) in [7, 11) is 0. The van der Waals surface area contributed by atoms with Crippen LogP contribution in [-0.2, 0) is 6.18 Å². The number of aliphatic hydroxyl groups excluding tert-OH is 1. The first kappa shape index (κ1) is 17.2. The smallest absolute Gasteiger partial charge is 0.391 e. The maximum Gasteiger partial charge on any atom is 0.416 e. The summed E-state index contributed by atoms with van der Waals surface area (Å²) in [6.45, 7) is -0.00740. The molecule has 3 rings (SSSR count). The van der Waals surface area contributed by atoms with Crippen LogP contribution in [0.25, 0.3) is 0 Å². The van der Waals surface area contributed by atoms with Crippen molar-refractivity contribution in [2.45, 2.75) is 24.7 Å². The molecule has 8 heteroatoms. The first-order valence-corrected chi connectivity index (χ1v) is 7.60. The molecule has 5 nitrogen and oxygen atoms in total. The lowest BCUT2D eigenvalue weighted by molar-refractivity contribution is -0.137. The van der Waals surface area contributed by atoms with Gasteiger partial charge in [0, 0.05) is 24.4 Å². The van der Waals surface area contributed by atoms with Gasteiger partial charge in [0.2, 0.25) is 5.56 Å². The Morgan fingerprint density at radius 1 is 1.24 bits per heavy atom. The van der Waals surface area contributed by atoms with Crippen molar-refractivity contribution in [2.75, 3.05) is 6.54 Å². The summed E-state index contributed by atoms with van der Waals surface area (Å²) in [6.07, 6.45) is -3.88. The van der Waals surface area contributed by atoms with Gasteiger partial charge in [-0.15, -0.1) is 0 Å². The van der Waals surface area contributed by atoms with Gasteiger partial charge in [-0.3, -0.25) is 9.59 Å². The third-order valence-corrected chi connectivity index (χ3v) is 4.16. The normalized spacial score (nSPS) is 20.7. The van der Waals surface area contributed by atoms with Crippen molar-refractivity contribution in [2.24, 2.45) is 0 Å². The number of nitrogens with zero attached hydrogens (tertiary/aromatic N) is 1. The number of amides is 1. The number of alkyl halides is 3. The molecule has 132 valence electrons. The molecule has 1 aromatic carbocycles. The van der Waals surface area contributed by atoms with Crippen LogP contribution in [0.2, 0.25) is 0 Å². The highest BCUT2D eigenvalue weighted by Gasteiger charge is 2.37. The fourth-order valence-corrected chi connectivity index (χ4v) is 3.02. The Labute approximate surface area is 140 Å². The van der Waals surface area contributed by atoms with Crippen LogP contribution in [0.3, 0.4) is 0 Å². The van der Waals surface area contributed by atoms with E-state index < -0.39 is 35.4 Å². The third kappa shape index (κ3) is 3.58. The summed E-state index contributed by atoms with van der Waals surface area (Å²) in [5.41, 5.74) is -0.851. The van der Waals surface area contributed by atoms with Gasteiger partial charge in [-0.1, -0.05) is 12.1 Å². The van der Waals surface area contributed by atoms with Gasteiger partial charge in [0.05, 0.1) is 17.7 Å². The van der Waals surface area contributed by atoms with Crippen molar-refractivity contribution >= 4 is 5.91 Å². The van der Waals surface area contributed by atoms with Gasteiger partial charge < -0.3 is 15.0 Å². The number of benzene rings is 1. The average Bonchev–Trinajstić information content (AvgIpc) is 2.95. The maximum atomic E-state index is 12.9. The van der Waals surface area contributed by atoms with Crippen molar-refractivity contribution < 1.29 is 23.1 Å². The Kier molecular flexibility index (Phi) is 4.38. The number of halogens is 3. The van der Waals surface area contributed by atoms with Gasteiger partial charge in [-0.2, -0.15) is 13.2 Å². The van der Waals surface area contributed by atoms with Gasteiger partial charge in [0.1, 0.15) is 0 Å². The molecule has 0 bridgehead atoms. The second kappa shape index (κ2) is 6.36. The van der Waals surface area contributed by atoms with Crippen molar-refractivity contribution in [3.63, 3.8) is 0 Å². The topological polar surface area (TPSA) is 73.4 Å². The number of nitrogens with one attached hydrogen (secondary N) is 1. The first-order chi connectivity index (χ1) is 11.8. The molecule has 1 saturated heterocycles. The van der Waals surface area contributed by atoms with Gasteiger partial charge in [-0.25, -0.2) is 0 Å². The molecule has 0 saturated carbocycles. The number of pyridine rings is 1. The van der Waals surface area contributed by atoms with Crippen LogP contribution in [0.1, 0.15) is 33.9 Å². The first-order valence-electron chi connectivity index (χ1n) is 7.60. The molecule has 1 aromatic heterocycles. The lowest BCUT2D eigenvalue weighted by Gasteiger charge is -2.25. The van der Waals surface area contributed by atoms with Crippen LogP contribution >= 0.6 is 0 Å². The van der Waals surface area contributed by atoms with Crippen LogP contribution in [0.15, 0.2) is 47.4 Å². The molecule has 25 heavy (non-hydrogen) atoms. The highest BCUT2D eigenvalue weighted by molar-refractivity contribution is 5.94.